The smallest absolute Gasteiger partial charge is 0.101 e. The summed E-state index contributed by atoms with van der Waals surface area (Å²) in [4.78, 5) is 0. The Kier molecular flexibility index (Phi) is 4.71. The second kappa shape index (κ2) is 5.67. The molecule has 0 aliphatic carbocycles. The van der Waals surface area contributed by atoms with Gasteiger partial charge in [0.25, 0.3) is 0 Å². The maximum atomic E-state index is 12.5. The van der Waals surface area contributed by atoms with Crippen LogP contribution in [0.25, 0.3) is 0 Å². The van der Waals surface area contributed by atoms with Gasteiger partial charge in [-0.15, -0.1) is 10.3 Å². The molecule has 2 aliphatic rings. The molecular weight excluding hydrogens is 292 g/mol. The fourth-order valence-electron chi connectivity index (χ4n) is 4.57. The van der Waals surface area contributed by atoms with Crippen LogP contribution in [-0.4, -0.2) is 43.6 Å². The zero-order chi connectivity index (χ0) is 17.8. The highest BCUT2D eigenvalue weighted by Gasteiger charge is 2.50. The summed E-state index contributed by atoms with van der Waals surface area (Å²) in [5, 5.41) is 25.6. The molecule has 134 valence electrons. The Morgan fingerprint density at radius 1 is 0.870 bits per heavy atom. The van der Waals surface area contributed by atoms with Crippen LogP contribution in [0.5, 0.6) is 0 Å². The van der Waals surface area contributed by atoms with E-state index in [1.54, 1.807) is 0 Å². The van der Waals surface area contributed by atoms with Gasteiger partial charge in [0.05, 0.1) is 6.10 Å². The molecule has 0 aromatic carbocycles. The Morgan fingerprint density at radius 2 is 1.26 bits per heavy atom. The largest absolute Gasteiger partial charge is 0.368 e. The summed E-state index contributed by atoms with van der Waals surface area (Å²) in [5.41, 5.74) is -1.53. The van der Waals surface area contributed by atoms with Crippen LogP contribution in [0.1, 0.15) is 81.1 Å². The minimum atomic E-state index is -0.445. The molecule has 2 aliphatic heterocycles. The summed E-state index contributed by atoms with van der Waals surface area (Å²) in [6, 6.07) is 0. The quantitative estimate of drug-likeness (QED) is 0.835. The van der Waals surface area contributed by atoms with E-state index >= 15 is 0 Å². The first kappa shape index (κ1) is 19.1. The van der Waals surface area contributed by atoms with Crippen LogP contribution in [0, 0.1) is 6.10 Å². The summed E-state index contributed by atoms with van der Waals surface area (Å²) in [6.45, 7) is 16.1. The first-order valence-corrected chi connectivity index (χ1v) is 8.65. The molecule has 0 amide bonds. The molecule has 1 N–H and O–H groups in total. The molecule has 2 rings (SSSR count). The SMILES string of the molecule is CC1(C)C[C](OC2CC(C)(C)N(O)C(C)(C)C2)CC(C)(C)N1[O]. The van der Waals surface area contributed by atoms with E-state index in [4.69, 9.17) is 4.74 Å². The van der Waals surface area contributed by atoms with Crippen molar-refractivity contribution in [2.45, 2.75) is 109 Å². The third-order valence-electron chi connectivity index (χ3n) is 5.29. The van der Waals surface area contributed by atoms with Crippen molar-refractivity contribution in [1.82, 2.24) is 10.1 Å². The lowest BCUT2D eigenvalue weighted by Gasteiger charge is -2.53. The molecule has 0 aromatic heterocycles. The number of hydroxylamine groups is 4. The Labute approximate surface area is 141 Å². The van der Waals surface area contributed by atoms with Gasteiger partial charge in [0.2, 0.25) is 0 Å². The standard InChI is InChI=1S/C18H34N2O3/c1-15(2)9-13(10-16(3,4)19(15)21)23-14-11-17(5,6)20(22)18(7,8)12-14/h13,21H,9-12H2,1-8H3. The Balaban J connectivity index is 2.10. The van der Waals surface area contributed by atoms with Crippen molar-refractivity contribution < 1.29 is 15.2 Å². The van der Waals surface area contributed by atoms with Crippen molar-refractivity contribution in [2.24, 2.45) is 0 Å². The van der Waals surface area contributed by atoms with Crippen LogP contribution in [0.15, 0.2) is 0 Å². The van der Waals surface area contributed by atoms with Crippen molar-refractivity contribution in [3.63, 3.8) is 0 Å². The second-order valence-corrected chi connectivity index (χ2v) is 9.90. The molecule has 23 heavy (non-hydrogen) atoms. The number of hydrogen-bond donors (Lipinski definition) is 1. The molecule has 2 saturated heterocycles. The lowest BCUT2D eigenvalue weighted by Crippen LogP contribution is -2.61. The minimum absolute atomic E-state index is 0.0724. The molecule has 2 radical (unpaired) electrons. The van der Waals surface area contributed by atoms with E-state index in [1.807, 2.05) is 55.4 Å². The van der Waals surface area contributed by atoms with Gasteiger partial charge in [-0.1, -0.05) is 0 Å². The maximum Gasteiger partial charge on any atom is 0.101 e. The van der Waals surface area contributed by atoms with Gasteiger partial charge in [-0.2, -0.15) is 5.06 Å². The normalized spacial score (nSPS) is 32.1. The molecule has 5 nitrogen and oxygen atoms in total. The topological polar surface area (TPSA) is 55.8 Å². The molecule has 0 spiro atoms. The Hall–Kier alpha value is -0.200. The molecule has 0 saturated carbocycles. The monoisotopic (exact) mass is 326 g/mol. The lowest BCUT2D eigenvalue weighted by molar-refractivity contribution is -0.296. The van der Waals surface area contributed by atoms with E-state index < -0.39 is 11.1 Å². The van der Waals surface area contributed by atoms with E-state index in [9.17, 15) is 10.4 Å². The van der Waals surface area contributed by atoms with Gasteiger partial charge < -0.3 is 9.94 Å². The van der Waals surface area contributed by atoms with Crippen molar-refractivity contribution in [3.8, 4) is 0 Å². The molecule has 5 heteroatoms. The van der Waals surface area contributed by atoms with Crippen LogP contribution >= 0.6 is 0 Å². The average Bonchev–Trinajstić information content (AvgIpc) is 2.31. The highest BCUT2D eigenvalue weighted by atomic mass is 16.5. The number of nitrogens with zero attached hydrogens (tertiary/aromatic N) is 2. The molecular formula is C18H34N2O3. The van der Waals surface area contributed by atoms with Gasteiger partial charge in [0.15, 0.2) is 0 Å². The van der Waals surface area contributed by atoms with Crippen LogP contribution in [0.4, 0.5) is 0 Å². The van der Waals surface area contributed by atoms with E-state index in [0.717, 1.165) is 18.9 Å². The van der Waals surface area contributed by atoms with Gasteiger partial charge >= 0.3 is 0 Å². The van der Waals surface area contributed by atoms with Crippen molar-refractivity contribution in [2.75, 3.05) is 0 Å². The average molecular weight is 326 g/mol. The van der Waals surface area contributed by atoms with Gasteiger partial charge in [-0.05, 0) is 81.1 Å². The van der Waals surface area contributed by atoms with Crippen LogP contribution in [0.2, 0.25) is 0 Å². The fraction of sp³-hybridized carbons (Fsp3) is 0.944. The van der Waals surface area contributed by atoms with Gasteiger partial charge in [0, 0.05) is 22.2 Å². The Bertz CT molecular complexity index is 370. The van der Waals surface area contributed by atoms with Crippen LogP contribution in [0.3, 0.4) is 0 Å². The van der Waals surface area contributed by atoms with Gasteiger partial charge in [-0.3, -0.25) is 0 Å². The van der Waals surface area contributed by atoms with Crippen molar-refractivity contribution >= 4 is 0 Å². The molecule has 0 aromatic rings. The first-order valence-electron chi connectivity index (χ1n) is 8.65. The van der Waals surface area contributed by atoms with E-state index in [0.29, 0.717) is 12.8 Å². The summed E-state index contributed by atoms with van der Waals surface area (Å²) in [5.74, 6) is 0. The third kappa shape index (κ3) is 3.74. The number of piperidine rings is 2. The van der Waals surface area contributed by atoms with Crippen molar-refractivity contribution in [3.05, 3.63) is 6.10 Å². The van der Waals surface area contributed by atoms with Crippen LogP contribution < -0.4 is 0 Å². The number of ether oxygens (including phenoxy) is 1. The predicted octanol–water partition coefficient (Wildman–Crippen LogP) is 3.94. The molecule has 0 bridgehead atoms. The lowest BCUT2D eigenvalue weighted by atomic mass is 9.78. The summed E-state index contributed by atoms with van der Waals surface area (Å²) in [7, 11) is 0. The van der Waals surface area contributed by atoms with Gasteiger partial charge in [-0.25, -0.2) is 0 Å². The van der Waals surface area contributed by atoms with E-state index in [1.165, 1.54) is 10.1 Å². The molecule has 0 unspecified atom stereocenters. The summed E-state index contributed by atoms with van der Waals surface area (Å²) in [6.07, 6.45) is 3.98. The zero-order valence-corrected chi connectivity index (χ0v) is 16.1. The Morgan fingerprint density at radius 3 is 1.65 bits per heavy atom. The number of rotatable bonds is 2. The molecule has 2 fully saturated rings. The van der Waals surface area contributed by atoms with Crippen LogP contribution in [-0.2, 0) is 9.94 Å². The second-order valence-electron chi connectivity index (χ2n) is 9.90. The third-order valence-corrected chi connectivity index (χ3v) is 5.29. The number of hydrogen-bond acceptors (Lipinski definition) is 4. The summed E-state index contributed by atoms with van der Waals surface area (Å²) < 4.78 is 6.38. The summed E-state index contributed by atoms with van der Waals surface area (Å²) >= 11 is 0. The highest BCUT2D eigenvalue weighted by molar-refractivity contribution is 5.06. The van der Waals surface area contributed by atoms with E-state index in [-0.39, 0.29) is 17.2 Å². The van der Waals surface area contributed by atoms with Gasteiger partial charge in [0.1, 0.15) is 6.10 Å². The first-order chi connectivity index (χ1) is 10.2. The highest BCUT2D eigenvalue weighted by Crippen LogP contribution is 2.45. The van der Waals surface area contributed by atoms with E-state index in [2.05, 4.69) is 0 Å². The minimum Gasteiger partial charge on any atom is -0.368 e. The van der Waals surface area contributed by atoms with Crippen molar-refractivity contribution in [1.29, 1.82) is 0 Å². The predicted molar refractivity (Wildman–Crippen MR) is 89.1 cm³/mol. The maximum absolute atomic E-state index is 12.5. The fourth-order valence-corrected chi connectivity index (χ4v) is 4.57. The zero-order valence-electron chi connectivity index (χ0n) is 16.1. The molecule has 0 atom stereocenters. The molecule has 2 heterocycles.